The van der Waals surface area contributed by atoms with E-state index < -0.39 is 0 Å². The van der Waals surface area contributed by atoms with Crippen LogP contribution in [0.5, 0.6) is 0 Å². The molecule has 3 heterocycles. The molecule has 0 atom stereocenters. The summed E-state index contributed by atoms with van der Waals surface area (Å²) < 4.78 is 4.85. The third-order valence-corrected chi connectivity index (χ3v) is 10.3. The third kappa shape index (κ3) is 4.20. The summed E-state index contributed by atoms with van der Waals surface area (Å²) in [6.07, 6.45) is 7.61. The molecule has 8 aromatic rings. The Bertz CT molecular complexity index is 2600. The second-order valence-corrected chi connectivity index (χ2v) is 13.0. The Morgan fingerprint density at radius 2 is 1.29 bits per heavy atom. The second kappa shape index (κ2) is 11.0. The van der Waals surface area contributed by atoms with Crippen molar-refractivity contribution in [2.24, 2.45) is 0 Å². The molecule has 1 aliphatic carbocycles. The van der Waals surface area contributed by atoms with E-state index in [1.54, 1.807) is 0 Å². The smallest absolute Gasteiger partial charge is 0.114 e. The number of benzene rings is 6. The quantitative estimate of drug-likeness (QED) is 0.193. The molecule has 0 radical (unpaired) electrons. The summed E-state index contributed by atoms with van der Waals surface area (Å²) in [5.74, 6) is 1.07. The first-order valence-corrected chi connectivity index (χ1v) is 17.3. The third-order valence-electron chi connectivity index (χ3n) is 10.3. The van der Waals surface area contributed by atoms with Crippen LogP contribution in [0.25, 0.3) is 61.6 Å². The van der Waals surface area contributed by atoms with Crippen molar-refractivity contribution in [1.29, 1.82) is 0 Å². The second-order valence-electron chi connectivity index (χ2n) is 13.0. The van der Waals surface area contributed by atoms with Gasteiger partial charge in [0.05, 0.1) is 28.1 Å². The molecule has 4 nitrogen and oxygen atoms in total. The number of anilines is 3. The number of fused-ring (bicyclic) bond motifs is 9. The Hall–Kier alpha value is -6.13. The van der Waals surface area contributed by atoms with Crippen molar-refractivity contribution in [1.82, 2.24) is 14.1 Å². The highest BCUT2D eigenvalue weighted by Gasteiger charge is 2.33. The van der Waals surface area contributed by atoms with Gasteiger partial charge in [0.1, 0.15) is 5.82 Å². The van der Waals surface area contributed by atoms with Gasteiger partial charge >= 0.3 is 0 Å². The highest BCUT2D eigenvalue weighted by molar-refractivity contribution is 6.05. The van der Waals surface area contributed by atoms with E-state index in [4.69, 9.17) is 4.98 Å². The molecule has 4 heteroatoms. The van der Waals surface area contributed by atoms with Crippen LogP contribution >= 0.6 is 0 Å². The van der Waals surface area contributed by atoms with Gasteiger partial charge in [-0.25, -0.2) is 4.98 Å². The van der Waals surface area contributed by atoms with Gasteiger partial charge in [0.2, 0.25) is 0 Å². The van der Waals surface area contributed by atoms with Gasteiger partial charge in [-0.05, 0) is 84.3 Å². The molecule has 0 N–H and O–H groups in total. The monoisotopic (exact) mass is 630 g/mol. The fourth-order valence-electron chi connectivity index (χ4n) is 8.12. The number of nitrogens with zero attached hydrogens (tertiary/aromatic N) is 4. The number of para-hydroxylation sites is 4. The van der Waals surface area contributed by atoms with Crippen LogP contribution in [0.15, 0.2) is 146 Å². The molecule has 0 bridgehead atoms. The van der Waals surface area contributed by atoms with Gasteiger partial charge in [0.25, 0.3) is 0 Å². The molecule has 2 aliphatic rings. The van der Waals surface area contributed by atoms with Crippen LogP contribution in [-0.2, 0) is 12.8 Å². The van der Waals surface area contributed by atoms with Crippen LogP contribution < -0.4 is 4.90 Å². The molecule has 2 aromatic heterocycles. The average Bonchev–Trinajstić information content (AvgIpc) is 3.68. The zero-order chi connectivity index (χ0) is 32.5. The molecular formula is C45H34N4. The number of aromatic nitrogens is 3. The molecule has 1 aliphatic heterocycles. The maximum Gasteiger partial charge on any atom is 0.114 e. The van der Waals surface area contributed by atoms with Gasteiger partial charge in [-0.15, -0.1) is 0 Å². The summed E-state index contributed by atoms with van der Waals surface area (Å²) in [4.78, 5) is 7.39. The zero-order valence-electron chi connectivity index (χ0n) is 27.3. The van der Waals surface area contributed by atoms with Crippen molar-refractivity contribution >= 4 is 44.9 Å². The van der Waals surface area contributed by atoms with Crippen molar-refractivity contribution < 1.29 is 0 Å². The fourth-order valence-corrected chi connectivity index (χ4v) is 8.12. The van der Waals surface area contributed by atoms with Crippen molar-refractivity contribution in [2.45, 2.75) is 26.2 Å². The van der Waals surface area contributed by atoms with E-state index >= 15 is 0 Å². The van der Waals surface area contributed by atoms with E-state index in [1.807, 2.05) is 0 Å². The lowest BCUT2D eigenvalue weighted by atomic mass is 9.94. The Morgan fingerprint density at radius 3 is 2.12 bits per heavy atom. The highest BCUT2D eigenvalue weighted by Crippen LogP contribution is 2.54. The summed E-state index contributed by atoms with van der Waals surface area (Å²) in [5, 5.41) is 2.51. The number of aryl methyl sites for hydroxylation is 1. The van der Waals surface area contributed by atoms with Crippen LogP contribution in [-0.4, -0.2) is 14.1 Å². The van der Waals surface area contributed by atoms with E-state index in [9.17, 15) is 0 Å². The van der Waals surface area contributed by atoms with Crippen molar-refractivity contribution in [3.63, 3.8) is 0 Å². The number of hydrogen-bond acceptors (Lipinski definition) is 2. The first-order chi connectivity index (χ1) is 24.3. The molecule has 10 rings (SSSR count). The van der Waals surface area contributed by atoms with Crippen LogP contribution in [0.1, 0.15) is 30.4 Å². The SMILES string of the molecule is CCc1nc2ccccc2n1-c1ccc(N2c3ccccc3-c3c4c(n(-c5ccc6ccccc6c5)c3-c3ccccc32)CCC=C4)cc1. The molecule has 0 fully saturated rings. The summed E-state index contributed by atoms with van der Waals surface area (Å²) in [5.41, 5.74) is 15.7. The predicted octanol–water partition coefficient (Wildman–Crippen LogP) is 11.6. The summed E-state index contributed by atoms with van der Waals surface area (Å²) >= 11 is 0. The minimum Gasteiger partial charge on any atom is -0.312 e. The van der Waals surface area contributed by atoms with Crippen molar-refractivity contribution in [2.75, 3.05) is 4.90 Å². The first kappa shape index (κ1) is 27.9. The Balaban J connectivity index is 1.21. The lowest BCUT2D eigenvalue weighted by Gasteiger charge is -2.28. The van der Waals surface area contributed by atoms with Gasteiger partial charge in [0, 0.05) is 51.4 Å². The van der Waals surface area contributed by atoms with Gasteiger partial charge in [-0.2, -0.15) is 0 Å². The van der Waals surface area contributed by atoms with E-state index in [0.717, 1.165) is 47.5 Å². The summed E-state index contributed by atoms with van der Waals surface area (Å²) in [6, 6.07) is 50.9. The molecule has 0 saturated carbocycles. The van der Waals surface area contributed by atoms with Crippen LogP contribution in [0.3, 0.4) is 0 Å². The Labute approximate surface area is 285 Å². The van der Waals surface area contributed by atoms with E-state index in [-0.39, 0.29) is 0 Å². The average molecular weight is 631 g/mol. The molecule has 0 spiro atoms. The molecule has 0 saturated heterocycles. The van der Waals surface area contributed by atoms with Crippen LogP contribution in [0.2, 0.25) is 0 Å². The van der Waals surface area contributed by atoms with E-state index in [1.165, 1.54) is 61.5 Å². The Morgan fingerprint density at radius 1 is 0.612 bits per heavy atom. The molecule has 49 heavy (non-hydrogen) atoms. The van der Waals surface area contributed by atoms with E-state index in [0.29, 0.717) is 0 Å². The normalized spacial score (nSPS) is 13.2. The fraction of sp³-hybridized carbons (Fsp3) is 0.0889. The van der Waals surface area contributed by atoms with Crippen molar-refractivity contribution in [3.8, 4) is 33.8 Å². The Kier molecular flexibility index (Phi) is 6.25. The lowest BCUT2D eigenvalue weighted by molar-refractivity contribution is 0.879. The van der Waals surface area contributed by atoms with Gasteiger partial charge in [0.15, 0.2) is 0 Å². The minimum atomic E-state index is 0.862. The van der Waals surface area contributed by atoms with Gasteiger partial charge in [-0.1, -0.05) is 97.9 Å². The van der Waals surface area contributed by atoms with Crippen LogP contribution in [0, 0.1) is 0 Å². The van der Waals surface area contributed by atoms with E-state index in [2.05, 4.69) is 173 Å². The van der Waals surface area contributed by atoms with Crippen LogP contribution in [0.4, 0.5) is 17.1 Å². The molecule has 0 unspecified atom stereocenters. The van der Waals surface area contributed by atoms with Gasteiger partial charge < -0.3 is 9.47 Å². The maximum absolute atomic E-state index is 4.94. The first-order valence-electron chi connectivity index (χ1n) is 17.3. The number of imidazole rings is 1. The molecule has 234 valence electrons. The number of allylic oxidation sites excluding steroid dienone is 1. The predicted molar refractivity (Wildman–Crippen MR) is 204 cm³/mol. The summed E-state index contributed by atoms with van der Waals surface area (Å²) in [6.45, 7) is 2.17. The van der Waals surface area contributed by atoms with Crippen molar-refractivity contribution in [3.05, 3.63) is 163 Å². The standard InChI is InChI=1S/C45H34N4/c1-2-43-46-38-18-8-12-22-42(38)48(43)33-27-25-32(26-28-33)47-39-19-9-5-15-35(39)44-36-16-6-10-20-40(36)49(45(44)37-17-7-11-21-41(37)47)34-24-23-30-13-3-4-14-31(30)29-34/h3-9,11-19,21-29H,2,10,20H2,1H3. The number of rotatable bonds is 4. The zero-order valence-corrected chi connectivity index (χ0v) is 27.3. The number of hydrogen-bond donors (Lipinski definition) is 0. The highest BCUT2D eigenvalue weighted by atomic mass is 15.2. The summed E-state index contributed by atoms with van der Waals surface area (Å²) in [7, 11) is 0. The largest absolute Gasteiger partial charge is 0.312 e. The maximum atomic E-state index is 4.94. The van der Waals surface area contributed by atoms with Gasteiger partial charge in [-0.3, -0.25) is 4.57 Å². The molecule has 6 aromatic carbocycles. The molecular weight excluding hydrogens is 597 g/mol. The minimum absolute atomic E-state index is 0.862. The lowest BCUT2D eigenvalue weighted by Crippen LogP contribution is -2.12. The topological polar surface area (TPSA) is 26.0 Å². The molecule has 0 amide bonds.